The molecule has 2 fully saturated rings. The van der Waals surface area contributed by atoms with Gasteiger partial charge in [-0.05, 0) is 25.8 Å². The Kier molecular flexibility index (Phi) is 3.51. The van der Waals surface area contributed by atoms with Crippen LogP contribution in [0.15, 0.2) is 18.2 Å². The number of aryl methyl sites for hydroxylation is 1. The van der Waals surface area contributed by atoms with Gasteiger partial charge in [0, 0.05) is 12.1 Å². The molecule has 6 nitrogen and oxygen atoms in total. The number of benzene rings is 1. The SMILES string of the molecule is CCCCN1C(=O)[C@H]2[C@@H](C1=O)[C@]1([NH2+][C@@H]2C)C(=O)Nc2c(C)cccc21. The minimum absolute atomic E-state index is 0.106. The average Bonchev–Trinajstić information content (AvgIpc) is 3.13. The standard InChI is InChI=1S/C19H23N3O3/c1-4-5-9-22-16(23)13-11(3)21-19(14(13)17(22)24)12-8-6-7-10(2)15(12)20-18(19)25/h6-8,11,13-14,21H,4-5,9H2,1-3H3,(H,20,25)/p+1/t11-,13-,14+,19+/m1/s1. The maximum absolute atomic E-state index is 13.2. The molecule has 4 rings (SSSR count). The number of nitrogens with two attached hydrogens (primary N) is 1. The fourth-order valence-electron chi connectivity index (χ4n) is 4.91. The zero-order valence-corrected chi connectivity index (χ0v) is 14.8. The average molecular weight is 342 g/mol. The van der Waals surface area contributed by atoms with Crippen molar-refractivity contribution in [2.75, 3.05) is 11.9 Å². The second-order valence-electron chi connectivity index (χ2n) is 7.53. The van der Waals surface area contributed by atoms with Crippen LogP contribution in [-0.4, -0.2) is 35.2 Å². The number of carbonyl (C=O) groups is 3. The first-order valence-corrected chi connectivity index (χ1v) is 9.06. The maximum Gasteiger partial charge on any atom is 0.291 e. The molecule has 0 aliphatic carbocycles. The Morgan fingerprint density at radius 3 is 2.72 bits per heavy atom. The summed E-state index contributed by atoms with van der Waals surface area (Å²) in [5.41, 5.74) is 1.60. The molecule has 1 aromatic carbocycles. The molecule has 0 unspecified atom stereocenters. The first-order chi connectivity index (χ1) is 11.9. The van der Waals surface area contributed by atoms with E-state index in [-0.39, 0.29) is 23.8 Å². The highest BCUT2D eigenvalue weighted by Gasteiger charge is 2.73. The number of anilines is 1. The minimum atomic E-state index is -1.01. The van der Waals surface area contributed by atoms with Gasteiger partial charge in [-0.15, -0.1) is 0 Å². The van der Waals surface area contributed by atoms with Gasteiger partial charge < -0.3 is 10.6 Å². The fourth-order valence-corrected chi connectivity index (χ4v) is 4.91. The molecule has 132 valence electrons. The van der Waals surface area contributed by atoms with Crippen LogP contribution in [0.25, 0.3) is 0 Å². The number of unbranched alkanes of at least 4 members (excludes halogenated alkanes) is 1. The van der Waals surface area contributed by atoms with Crippen molar-refractivity contribution in [2.45, 2.75) is 45.2 Å². The molecule has 3 aliphatic rings. The number of nitrogens with one attached hydrogen (secondary N) is 1. The first kappa shape index (κ1) is 16.3. The quantitative estimate of drug-likeness (QED) is 0.785. The summed E-state index contributed by atoms with van der Waals surface area (Å²) in [4.78, 5) is 40.5. The molecule has 25 heavy (non-hydrogen) atoms. The second kappa shape index (κ2) is 5.39. The number of rotatable bonds is 3. The van der Waals surface area contributed by atoms with Crippen LogP contribution in [0.1, 0.15) is 37.8 Å². The Hall–Kier alpha value is -2.21. The minimum Gasteiger partial charge on any atom is -0.326 e. The molecule has 0 radical (unpaired) electrons. The van der Waals surface area contributed by atoms with Crippen LogP contribution in [0.3, 0.4) is 0 Å². The molecule has 3 amide bonds. The molecule has 4 atom stereocenters. The van der Waals surface area contributed by atoms with Gasteiger partial charge in [-0.25, -0.2) is 0 Å². The predicted molar refractivity (Wildman–Crippen MR) is 91.5 cm³/mol. The van der Waals surface area contributed by atoms with Crippen LogP contribution in [-0.2, 0) is 19.9 Å². The van der Waals surface area contributed by atoms with E-state index in [0.29, 0.717) is 6.54 Å². The third kappa shape index (κ3) is 1.91. The zero-order chi connectivity index (χ0) is 17.9. The van der Waals surface area contributed by atoms with E-state index in [1.165, 1.54) is 4.90 Å². The third-order valence-electron chi connectivity index (χ3n) is 6.09. The van der Waals surface area contributed by atoms with Crippen LogP contribution >= 0.6 is 0 Å². The summed E-state index contributed by atoms with van der Waals surface area (Å²) in [7, 11) is 0. The molecule has 0 bridgehead atoms. The second-order valence-corrected chi connectivity index (χ2v) is 7.53. The van der Waals surface area contributed by atoms with E-state index < -0.39 is 17.4 Å². The van der Waals surface area contributed by atoms with Crippen molar-refractivity contribution in [3.63, 3.8) is 0 Å². The Balaban J connectivity index is 1.84. The lowest BCUT2D eigenvalue weighted by atomic mass is 9.76. The van der Waals surface area contributed by atoms with Crippen LogP contribution in [0, 0.1) is 18.8 Å². The Morgan fingerprint density at radius 2 is 2.00 bits per heavy atom. The van der Waals surface area contributed by atoms with E-state index in [1.54, 1.807) is 0 Å². The van der Waals surface area contributed by atoms with Crippen LogP contribution in [0.5, 0.6) is 0 Å². The Labute approximate surface area is 147 Å². The Bertz CT molecular complexity index is 790. The first-order valence-electron chi connectivity index (χ1n) is 9.06. The number of likely N-dealkylation sites (tertiary alicyclic amines) is 1. The van der Waals surface area contributed by atoms with Gasteiger partial charge >= 0.3 is 0 Å². The summed E-state index contributed by atoms with van der Waals surface area (Å²) in [6, 6.07) is 5.67. The van der Waals surface area contributed by atoms with Crippen molar-refractivity contribution in [1.29, 1.82) is 0 Å². The van der Waals surface area contributed by atoms with Crippen molar-refractivity contribution in [1.82, 2.24) is 4.90 Å². The predicted octanol–water partition coefficient (Wildman–Crippen LogP) is 0.509. The third-order valence-corrected chi connectivity index (χ3v) is 6.09. The summed E-state index contributed by atoms with van der Waals surface area (Å²) < 4.78 is 0. The highest BCUT2D eigenvalue weighted by molar-refractivity contribution is 6.14. The van der Waals surface area contributed by atoms with Crippen LogP contribution in [0.2, 0.25) is 0 Å². The normalized spacial score (nSPS) is 33.2. The fraction of sp³-hybridized carbons (Fsp3) is 0.526. The van der Waals surface area contributed by atoms with Crippen molar-refractivity contribution in [3.05, 3.63) is 29.3 Å². The van der Waals surface area contributed by atoms with E-state index in [0.717, 1.165) is 29.7 Å². The van der Waals surface area contributed by atoms with Crippen molar-refractivity contribution >= 4 is 23.4 Å². The van der Waals surface area contributed by atoms with Gasteiger partial charge in [-0.1, -0.05) is 31.5 Å². The van der Waals surface area contributed by atoms with Gasteiger partial charge in [0.2, 0.25) is 17.4 Å². The summed E-state index contributed by atoms with van der Waals surface area (Å²) in [5, 5.41) is 4.91. The van der Waals surface area contributed by atoms with Crippen LogP contribution in [0.4, 0.5) is 5.69 Å². The largest absolute Gasteiger partial charge is 0.326 e. The lowest BCUT2D eigenvalue weighted by Crippen LogP contribution is -2.98. The molecule has 3 heterocycles. The molecule has 0 aromatic heterocycles. The van der Waals surface area contributed by atoms with Crippen LogP contribution < -0.4 is 10.6 Å². The molecule has 2 saturated heterocycles. The summed E-state index contributed by atoms with van der Waals surface area (Å²) in [5.74, 6) is -1.52. The summed E-state index contributed by atoms with van der Waals surface area (Å²) >= 11 is 0. The van der Waals surface area contributed by atoms with E-state index in [4.69, 9.17) is 0 Å². The van der Waals surface area contributed by atoms with Gasteiger partial charge in [-0.2, -0.15) is 0 Å². The molecular weight excluding hydrogens is 318 g/mol. The summed E-state index contributed by atoms with van der Waals surface area (Å²) in [6.07, 6.45) is 1.71. The lowest BCUT2D eigenvalue weighted by Gasteiger charge is -2.25. The number of carbonyl (C=O) groups excluding carboxylic acids is 3. The van der Waals surface area contributed by atoms with Gasteiger partial charge in [-0.3, -0.25) is 19.3 Å². The van der Waals surface area contributed by atoms with E-state index in [2.05, 4.69) is 5.32 Å². The number of fused-ring (bicyclic) bond motifs is 4. The number of para-hydroxylation sites is 1. The molecule has 1 aromatic rings. The van der Waals surface area contributed by atoms with Gasteiger partial charge in [0.1, 0.15) is 11.8 Å². The van der Waals surface area contributed by atoms with E-state index in [1.807, 2.05) is 44.3 Å². The molecule has 1 spiro atoms. The van der Waals surface area contributed by atoms with Crippen molar-refractivity contribution in [2.24, 2.45) is 11.8 Å². The zero-order valence-electron chi connectivity index (χ0n) is 14.8. The number of hydrogen-bond acceptors (Lipinski definition) is 3. The summed E-state index contributed by atoms with van der Waals surface area (Å²) in [6.45, 7) is 6.38. The maximum atomic E-state index is 13.2. The monoisotopic (exact) mass is 342 g/mol. The molecule has 3 N–H and O–H groups in total. The number of hydrogen-bond donors (Lipinski definition) is 2. The van der Waals surface area contributed by atoms with E-state index >= 15 is 0 Å². The van der Waals surface area contributed by atoms with Gasteiger partial charge in [0.15, 0.2) is 0 Å². The molecule has 3 aliphatic heterocycles. The molecule has 0 saturated carbocycles. The highest BCUT2D eigenvalue weighted by Crippen LogP contribution is 2.49. The van der Waals surface area contributed by atoms with E-state index in [9.17, 15) is 14.4 Å². The van der Waals surface area contributed by atoms with Gasteiger partial charge in [0.25, 0.3) is 5.91 Å². The number of quaternary nitrogens is 1. The number of amides is 3. The Morgan fingerprint density at radius 1 is 1.24 bits per heavy atom. The molecule has 6 heteroatoms. The number of imide groups is 1. The molecular formula is C19H24N3O3+. The highest BCUT2D eigenvalue weighted by atomic mass is 16.2. The van der Waals surface area contributed by atoms with Crippen molar-refractivity contribution < 1.29 is 19.7 Å². The topological polar surface area (TPSA) is 83.1 Å². The number of nitrogens with zero attached hydrogens (tertiary/aromatic N) is 1. The van der Waals surface area contributed by atoms with Crippen molar-refractivity contribution in [3.8, 4) is 0 Å². The lowest BCUT2D eigenvalue weighted by molar-refractivity contribution is -0.730. The smallest absolute Gasteiger partial charge is 0.291 e. The van der Waals surface area contributed by atoms with Gasteiger partial charge in [0.05, 0.1) is 11.7 Å².